The van der Waals surface area contributed by atoms with Crippen molar-refractivity contribution in [1.29, 1.82) is 0 Å². The number of sulfone groups is 1. The Morgan fingerprint density at radius 3 is 2.56 bits per heavy atom. The average molecular weight is 384 g/mol. The molecular weight excluding hydrogens is 361 g/mol. The van der Waals surface area contributed by atoms with Gasteiger partial charge in [0.25, 0.3) is 0 Å². The van der Waals surface area contributed by atoms with Crippen LogP contribution in [0.2, 0.25) is 0 Å². The smallest absolute Gasteiger partial charge is 0.220 e. The lowest BCUT2D eigenvalue weighted by Gasteiger charge is -2.18. The van der Waals surface area contributed by atoms with Gasteiger partial charge in [-0.15, -0.1) is 11.3 Å². The van der Waals surface area contributed by atoms with Gasteiger partial charge in [-0.2, -0.15) is 0 Å². The Bertz CT molecular complexity index is 830. The summed E-state index contributed by atoms with van der Waals surface area (Å²) in [5.41, 5.74) is 0.273. The molecule has 0 bridgehead atoms. The van der Waals surface area contributed by atoms with E-state index in [9.17, 15) is 17.6 Å². The maximum atomic E-state index is 13.5. The predicted octanol–water partition coefficient (Wildman–Crippen LogP) is 3.87. The Kier molecular flexibility index (Phi) is 6.35. The molecule has 1 heterocycles. The molecule has 25 heavy (non-hydrogen) atoms. The summed E-state index contributed by atoms with van der Waals surface area (Å²) in [6.45, 7) is 5.37. The van der Waals surface area contributed by atoms with Crippen LogP contribution in [0.15, 0.2) is 40.6 Å². The van der Waals surface area contributed by atoms with E-state index in [2.05, 4.69) is 5.32 Å². The fraction of sp³-hybridized carbons (Fsp3) is 0.389. The van der Waals surface area contributed by atoms with Crippen LogP contribution >= 0.6 is 11.3 Å². The van der Waals surface area contributed by atoms with Crippen LogP contribution in [-0.2, 0) is 14.6 Å². The summed E-state index contributed by atoms with van der Waals surface area (Å²) < 4.78 is 39.6. The van der Waals surface area contributed by atoms with Crippen LogP contribution in [0.5, 0.6) is 0 Å². The van der Waals surface area contributed by atoms with Crippen molar-refractivity contribution in [3.05, 3.63) is 52.0 Å². The molecule has 0 saturated carbocycles. The highest BCUT2D eigenvalue weighted by Gasteiger charge is 2.30. The minimum Gasteiger partial charge on any atom is -0.354 e. The van der Waals surface area contributed by atoms with Crippen LogP contribution in [-0.4, -0.2) is 20.9 Å². The quantitative estimate of drug-likeness (QED) is 0.738. The molecule has 0 unspecified atom stereocenters. The number of rotatable bonds is 7. The van der Waals surface area contributed by atoms with Gasteiger partial charge in [-0.1, -0.05) is 19.9 Å². The summed E-state index contributed by atoms with van der Waals surface area (Å²) >= 11 is 1.32. The van der Waals surface area contributed by atoms with E-state index < -0.39 is 20.9 Å². The van der Waals surface area contributed by atoms with Gasteiger partial charge >= 0.3 is 0 Å². The number of hydrogen-bond donors (Lipinski definition) is 1. The van der Waals surface area contributed by atoms with Crippen molar-refractivity contribution < 1.29 is 17.6 Å². The predicted molar refractivity (Wildman–Crippen MR) is 97.8 cm³/mol. The van der Waals surface area contributed by atoms with Crippen LogP contribution in [0.4, 0.5) is 4.39 Å². The summed E-state index contributed by atoms with van der Waals surface area (Å²) in [6, 6.07) is 7.27. The Morgan fingerprint density at radius 1 is 1.28 bits per heavy atom. The van der Waals surface area contributed by atoms with Crippen LogP contribution in [0.25, 0.3) is 0 Å². The molecule has 0 aliphatic heterocycles. The molecule has 0 radical (unpaired) electrons. The van der Waals surface area contributed by atoms with Gasteiger partial charge in [0.05, 0.1) is 4.90 Å². The van der Waals surface area contributed by atoms with Crippen molar-refractivity contribution in [2.45, 2.75) is 37.3 Å². The van der Waals surface area contributed by atoms with Crippen molar-refractivity contribution in [2.75, 3.05) is 6.54 Å². The fourth-order valence-electron chi connectivity index (χ4n) is 2.45. The number of hydrogen-bond acceptors (Lipinski definition) is 4. The second-order valence-electron chi connectivity index (χ2n) is 6.36. The van der Waals surface area contributed by atoms with Gasteiger partial charge in [0, 0.05) is 17.8 Å². The SMILES string of the molecule is Cc1cc(S(=O)(=O)[C@@H](CNC(=O)CC(C)C)c2cccs2)ccc1F. The van der Waals surface area contributed by atoms with Crippen LogP contribution < -0.4 is 5.32 Å². The molecule has 1 aromatic heterocycles. The standard InChI is InChI=1S/C18H22FNO3S2/c1-12(2)9-18(21)20-11-17(16-5-4-8-24-16)25(22,23)14-6-7-15(19)13(3)10-14/h4-8,10,12,17H,9,11H2,1-3H3,(H,20,21)/t17-/m0/s1. The van der Waals surface area contributed by atoms with Crippen molar-refractivity contribution in [1.82, 2.24) is 5.32 Å². The third-order valence-electron chi connectivity index (χ3n) is 3.77. The first-order valence-electron chi connectivity index (χ1n) is 8.02. The maximum Gasteiger partial charge on any atom is 0.220 e. The number of carbonyl (C=O) groups is 1. The molecule has 0 aliphatic carbocycles. The number of thiophene rings is 1. The van der Waals surface area contributed by atoms with Crippen molar-refractivity contribution in [3.63, 3.8) is 0 Å². The Hall–Kier alpha value is -1.73. The lowest BCUT2D eigenvalue weighted by atomic mass is 10.1. The largest absolute Gasteiger partial charge is 0.354 e. The highest BCUT2D eigenvalue weighted by atomic mass is 32.2. The number of aryl methyl sites for hydroxylation is 1. The van der Waals surface area contributed by atoms with E-state index in [0.717, 1.165) is 6.07 Å². The molecular formula is C18H22FNO3S2. The molecule has 2 aromatic rings. The highest BCUT2D eigenvalue weighted by Crippen LogP contribution is 2.32. The zero-order valence-electron chi connectivity index (χ0n) is 14.5. The van der Waals surface area contributed by atoms with Gasteiger partial charge in [0.15, 0.2) is 9.84 Å². The average Bonchev–Trinajstić information content (AvgIpc) is 3.03. The van der Waals surface area contributed by atoms with Crippen LogP contribution in [0, 0.1) is 18.7 Å². The van der Waals surface area contributed by atoms with Gasteiger partial charge in [-0.05, 0) is 48.1 Å². The Labute approximate surface area is 152 Å². The van der Waals surface area contributed by atoms with Gasteiger partial charge in [-0.25, -0.2) is 12.8 Å². The van der Waals surface area contributed by atoms with E-state index in [-0.39, 0.29) is 28.8 Å². The number of amides is 1. The molecule has 0 fully saturated rings. The molecule has 1 atom stereocenters. The number of carbonyl (C=O) groups excluding carboxylic acids is 1. The van der Waals surface area contributed by atoms with E-state index in [1.165, 1.54) is 30.4 Å². The molecule has 136 valence electrons. The molecule has 4 nitrogen and oxygen atoms in total. The zero-order chi connectivity index (χ0) is 18.6. The van der Waals surface area contributed by atoms with E-state index in [1.54, 1.807) is 17.5 Å². The van der Waals surface area contributed by atoms with Gasteiger partial charge in [-0.3, -0.25) is 4.79 Å². The van der Waals surface area contributed by atoms with E-state index in [4.69, 9.17) is 0 Å². The first-order valence-corrected chi connectivity index (χ1v) is 10.4. The Morgan fingerprint density at radius 2 is 2.00 bits per heavy atom. The lowest BCUT2D eigenvalue weighted by Crippen LogP contribution is -2.32. The number of benzene rings is 1. The molecule has 1 amide bonds. The summed E-state index contributed by atoms with van der Waals surface area (Å²) in [7, 11) is -3.76. The lowest BCUT2D eigenvalue weighted by molar-refractivity contribution is -0.121. The third kappa shape index (κ3) is 4.89. The highest BCUT2D eigenvalue weighted by molar-refractivity contribution is 7.91. The van der Waals surface area contributed by atoms with Crippen molar-refractivity contribution in [3.8, 4) is 0 Å². The first-order chi connectivity index (χ1) is 11.7. The fourth-order valence-corrected chi connectivity index (χ4v) is 5.31. The zero-order valence-corrected chi connectivity index (χ0v) is 16.1. The maximum absolute atomic E-state index is 13.5. The molecule has 0 aliphatic rings. The first kappa shape index (κ1) is 19.6. The van der Waals surface area contributed by atoms with Gasteiger partial charge in [0.1, 0.15) is 11.1 Å². The second-order valence-corrected chi connectivity index (χ2v) is 9.47. The van der Waals surface area contributed by atoms with Crippen molar-refractivity contribution in [2.24, 2.45) is 5.92 Å². The third-order valence-corrected chi connectivity index (χ3v) is 6.99. The molecule has 1 aromatic carbocycles. The number of halogens is 1. The normalized spacial score (nSPS) is 13.0. The summed E-state index contributed by atoms with van der Waals surface area (Å²) in [5, 5.41) is 3.62. The Balaban J connectivity index is 2.31. The molecule has 2 rings (SSSR count). The summed E-state index contributed by atoms with van der Waals surface area (Å²) in [5.74, 6) is -0.435. The van der Waals surface area contributed by atoms with Gasteiger partial charge in [0.2, 0.25) is 5.91 Å². The minimum absolute atomic E-state index is 0.00910. The number of nitrogens with one attached hydrogen (secondary N) is 1. The molecule has 0 spiro atoms. The molecule has 1 N–H and O–H groups in total. The summed E-state index contributed by atoms with van der Waals surface area (Å²) in [6.07, 6.45) is 0.340. The van der Waals surface area contributed by atoms with E-state index in [1.807, 2.05) is 13.8 Å². The van der Waals surface area contributed by atoms with Crippen molar-refractivity contribution >= 4 is 27.1 Å². The van der Waals surface area contributed by atoms with E-state index >= 15 is 0 Å². The topological polar surface area (TPSA) is 63.2 Å². The van der Waals surface area contributed by atoms with Crippen LogP contribution in [0.3, 0.4) is 0 Å². The minimum atomic E-state index is -3.76. The van der Waals surface area contributed by atoms with E-state index in [0.29, 0.717) is 11.3 Å². The molecule has 0 saturated heterocycles. The summed E-state index contributed by atoms with van der Waals surface area (Å²) in [4.78, 5) is 12.6. The molecule has 7 heteroatoms. The second kappa shape index (κ2) is 8.10. The monoisotopic (exact) mass is 383 g/mol. The van der Waals surface area contributed by atoms with Crippen LogP contribution in [0.1, 0.15) is 36.0 Å². The van der Waals surface area contributed by atoms with Gasteiger partial charge < -0.3 is 5.32 Å².